The van der Waals surface area contributed by atoms with E-state index in [2.05, 4.69) is 33.6 Å². The molecule has 1 aromatic carbocycles. The number of thiol groups is 1. The van der Waals surface area contributed by atoms with Gasteiger partial charge in [0.1, 0.15) is 15.9 Å². The van der Waals surface area contributed by atoms with Gasteiger partial charge in [-0.2, -0.15) is 0 Å². The van der Waals surface area contributed by atoms with Crippen LogP contribution in [0.2, 0.25) is 0 Å². The number of rotatable bonds is 1. The number of aromatic nitrogens is 3. The summed E-state index contributed by atoms with van der Waals surface area (Å²) in [6, 6.07) is 6.11. The van der Waals surface area contributed by atoms with Gasteiger partial charge in [-0.05, 0) is 25.1 Å². The largest absolute Gasteiger partial charge is 0.342 e. The second-order valence-corrected chi connectivity index (χ2v) is 4.88. The molecule has 2 heterocycles. The molecule has 3 rings (SSSR count). The van der Waals surface area contributed by atoms with Crippen LogP contribution in [0.3, 0.4) is 0 Å². The molecule has 0 fully saturated rings. The maximum atomic E-state index is 4.37. The van der Waals surface area contributed by atoms with Crippen molar-refractivity contribution in [3.8, 4) is 10.6 Å². The second-order valence-electron chi connectivity index (χ2n) is 3.56. The number of aromatic amines is 1. The normalized spacial score (nSPS) is 11.1. The van der Waals surface area contributed by atoms with Crippen molar-refractivity contribution in [2.45, 2.75) is 11.9 Å². The number of hydrogen-bond donors (Lipinski definition) is 2. The molecule has 0 amide bonds. The molecule has 5 heteroatoms. The van der Waals surface area contributed by atoms with Crippen LogP contribution in [0, 0.1) is 6.92 Å². The first-order chi connectivity index (χ1) is 7.72. The van der Waals surface area contributed by atoms with Crippen molar-refractivity contribution in [1.82, 2.24) is 15.0 Å². The molecular formula is C11H9N3S2. The van der Waals surface area contributed by atoms with Gasteiger partial charge in [0.2, 0.25) is 0 Å². The predicted octanol–water partition coefficient (Wildman–Crippen LogP) is 3.28. The summed E-state index contributed by atoms with van der Waals surface area (Å²) < 4.78 is 0. The number of imidazole rings is 1. The maximum Gasteiger partial charge on any atom is 0.124 e. The van der Waals surface area contributed by atoms with E-state index >= 15 is 0 Å². The highest BCUT2D eigenvalue weighted by atomic mass is 32.1. The van der Waals surface area contributed by atoms with Crippen molar-refractivity contribution in [2.24, 2.45) is 0 Å². The van der Waals surface area contributed by atoms with Gasteiger partial charge in [0.05, 0.1) is 11.0 Å². The van der Waals surface area contributed by atoms with E-state index < -0.39 is 0 Å². The minimum atomic E-state index is 0.765. The van der Waals surface area contributed by atoms with E-state index in [0.29, 0.717) is 0 Å². The van der Waals surface area contributed by atoms with E-state index in [9.17, 15) is 0 Å². The highest BCUT2D eigenvalue weighted by molar-refractivity contribution is 7.80. The molecule has 80 valence electrons. The molecule has 0 aliphatic rings. The second kappa shape index (κ2) is 3.61. The quantitative estimate of drug-likeness (QED) is 0.648. The number of aryl methyl sites for hydroxylation is 1. The minimum Gasteiger partial charge on any atom is -0.342 e. The van der Waals surface area contributed by atoms with Crippen molar-refractivity contribution < 1.29 is 0 Å². The van der Waals surface area contributed by atoms with E-state index in [0.717, 1.165) is 32.5 Å². The molecule has 0 saturated carbocycles. The highest BCUT2D eigenvalue weighted by Crippen LogP contribution is 2.27. The molecule has 0 spiro atoms. The fraction of sp³-hybridized carbons (Fsp3) is 0.0909. The Morgan fingerprint density at radius 3 is 2.94 bits per heavy atom. The molecule has 0 aliphatic carbocycles. The Hall–Kier alpha value is -1.33. The van der Waals surface area contributed by atoms with Gasteiger partial charge in [-0.15, -0.1) is 24.0 Å². The van der Waals surface area contributed by atoms with Crippen LogP contribution >= 0.6 is 24.0 Å². The standard InChI is InChI=1S/C11H9N3S2/c1-6-12-8-3-2-7(4-9(8)13-6)11-14-10(15)5-16-11/h2-5,15H,1H3,(H,12,13). The summed E-state index contributed by atoms with van der Waals surface area (Å²) in [4.78, 5) is 11.9. The van der Waals surface area contributed by atoms with E-state index in [1.807, 2.05) is 24.4 Å². The van der Waals surface area contributed by atoms with Gasteiger partial charge in [0.25, 0.3) is 0 Å². The summed E-state index contributed by atoms with van der Waals surface area (Å²) in [5, 5.41) is 3.68. The summed E-state index contributed by atoms with van der Waals surface area (Å²) in [5.41, 5.74) is 3.14. The van der Waals surface area contributed by atoms with E-state index in [-0.39, 0.29) is 0 Å². The number of H-pyrrole nitrogens is 1. The monoisotopic (exact) mass is 247 g/mol. The minimum absolute atomic E-state index is 0.765. The van der Waals surface area contributed by atoms with Crippen LogP contribution in [0.1, 0.15) is 5.82 Å². The van der Waals surface area contributed by atoms with E-state index in [4.69, 9.17) is 0 Å². The van der Waals surface area contributed by atoms with Crippen LogP contribution in [0.15, 0.2) is 28.6 Å². The molecule has 16 heavy (non-hydrogen) atoms. The van der Waals surface area contributed by atoms with Crippen LogP contribution in [0.5, 0.6) is 0 Å². The smallest absolute Gasteiger partial charge is 0.124 e. The van der Waals surface area contributed by atoms with Crippen LogP contribution < -0.4 is 0 Å². The maximum absolute atomic E-state index is 4.37. The molecule has 0 radical (unpaired) electrons. The summed E-state index contributed by atoms with van der Waals surface area (Å²) >= 11 is 5.81. The van der Waals surface area contributed by atoms with E-state index in [1.165, 1.54) is 0 Å². The molecule has 0 aliphatic heterocycles. The topological polar surface area (TPSA) is 41.6 Å². The number of thiazole rings is 1. The van der Waals surface area contributed by atoms with Gasteiger partial charge in [-0.3, -0.25) is 0 Å². The first-order valence-corrected chi connectivity index (χ1v) is 6.16. The molecule has 0 atom stereocenters. The van der Waals surface area contributed by atoms with E-state index in [1.54, 1.807) is 11.3 Å². The number of benzene rings is 1. The lowest BCUT2D eigenvalue weighted by Gasteiger charge is -1.95. The third-order valence-electron chi connectivity index (χ3n) is 2.34. The fourth-order valence-electron chi connectivity index (χ4n) is 1.67. The Balaban J connectivity index is 2.17. The number of fused-ring (bicyclic) bond motifs is 1. The average molecular weight is 247 g/mol. The number of hydrogen-bond acceptors (Lipinski definition) is 4. The molecule has 0 unspecified atom stereocenters. The summed E-state index contributed by atoms with van der Waals surface area (Å²) in [5.74, 6) is 0.932. The van der Waals surface area contributed by atoms with Gasteiger partial charge in [0, 0.05) is 10.9 Å². The zero-order valence-electron chi connectivity index (χ0n) is 8.56. The van der Waals surface area contributed by atoms with Crippen molar-refractivity contribution >= 4 is 35.0 Å². The van der Waals surface area contributed by atoms with Gasteiger partial charge in [-0.25, -0.2) is 9.97 Å². The van der Waals surface area contributed by atoms with Crippen molar-refractivity contribution in [2.75, 3.05) is 0 Å². The van der Waals surface area contributed by atoms with Crippen LogP contribution in [-0.4, -0.2) is 15.0 Å². The SMILES string of the molecule is Cc1nc2ccc(-c3nc(S)cs3)cc2[nH]1. The number of nitrogens with one attached hydrogen (secondary N) is 1. The van der Waals surface area contributed by atoms with Crippen molar-refractivity contribution in [3.05, 3.63) is 29.4 Å². The van der Waals surface area contributed by atoms with Gasteiger partial charge in [-0.1, -0.05) is 0 Å². The lowest BCUT2D eigenvalue weighted by Crippen LogP contribution is -1.76. The summed E-state index contributed by atoms with van der Waals surface area (Å²) in [6.07, 6.45) is 0. The fourth-order valence-corrected chi connectivity index (χ4v) is 2.68. The molecule has 0 saturated heterocycles. The highest BCUT2D eigenvalue weighted by Gasteiger charge is 2.05. The lowest BCUT2D eigenvalue weighted by atomic mass is 10.2. The van der Waals surface area contributed by atoms with Crippen LogP contribution in [0.25, 0.3) is 21.6 Å². The Kier molecular flexibility index (Phi) is 2.22. The summed E-state index contributed by atoms with van der Waals surface area (Å²) in [6.45, 7) is 1.95. The molecule has 2 aromatic heterocycles. The number of nitrogens with zero attached hydrogens (tertiary/aromatic N) is 2. The molecule has 3 aromatic rings. The lowest BCUT2D eigenvalue weighted by molar-refractivity contribution is 1.17. The Bertz CT molecular complexity index is 654. The Labute approximate surface area is 102 Å². The zero-order chi connectivity index (χ0) is 11.1. The Morgan fingerprint density at radius 2 is 2.19 bits per heavy atom. The zero-order valence-corrected chi connectivity index (χ0v) is 10.3. The van der Waals surface area contributed by atoms with Crippen LogP contribution in [0.4, 0.5) is 0 Å². The third kappa shape index (κ3) is 1.62. The molecule has 1 N–H and O–H groups in total. The molecule has 0 bridgehead atoms. The first kappa shape index (κ1) is 9.86. The Morgan fingerprint density at radius 1 is 1.31 bits per heavy atom. The molecule has 3 nitrogen and oxygen atoms in total. The van der Waals surface area contributed by atoms with Gasteiger partial charge < -0.3 is 4.98 Å². The third-order valence-corrected chi connectivity index (χ3v) is 3.63. The van der Waals surface area contributed by atoms with Crippen molar-refractivity contribution in [1.29, 1.82) is 0 Å². The molecular weight excluding hydrogens is 238 g/mol. The summed E-state index contributed by atoms with van der Waals surface area (Å²) in [7, 11) is 0. The average Bonchev–Trinajstić information content (AvgIpc) is 2.81. The van der Waals surface area contributed by atoms with Gasteiger partial charge in [0.15, 0.2) is 0 Å². The predicted molar refractivity (Wildman–Crippen MR) is 69.2 cm³/mol. The van der Waals surface area contributed by atoms with Crippen molar-refractivity contribution in [3.63, 3.8) is 0 Å². The van der Waals surface area contributed by atoms with Gasteiger partial charge >= 0.3 is 0 Å². The van der Waals surface area contributed by atoms with Crippen LogP contribution in [-0.2, 0) is 0 Å². The first-order valence-electron chi connectivity index (χ1n) is 4.83.